The van der Waals surface area contributed by atoms with E-state index in [1.165, 1.54) is 6.42 Å². The summed E-state index contributed by atoms with van der Waals surface area (Å²) in [5.41, 5.74) is 0. The summed E-state index contributed by atoms with van der Waals surface area (Å²) in [6.07, 6.45) is 2.28. The van der Waals surface area contributed by atoms with Gasteiger partial charge in [-0.15, -0.1) is 0 Å². The molecule has 0 aromatic rings. The third kappa shape index (κ3) is 51.6. The maximum atomic E-state index is 3.60. The third-order valence-electron chi connectivity index (χ3n) is 0.354. The van der Waals surface area contributed by atoms with Crippen LogP contribution in [-0.4, -0.2) is 0 Å². The van der Waals surface area contributed by atoms with Gasteiger partial charge in [-0.2, -0.15) is 13.3 Å². The summed E-state index contributed by atoms with van der Waals surface area (Å²) < 4.78 is 0. The molecule has 0 fully saturated rings. The van der Waals surface area contributed by atoms with E-state index in [-0.39, 0.29) is 21.1 Å². The van der Waals surface area contributed by atoms with Crippen LogP contribution in [0.1, 0.15) is 26.7 Å². The fourth-order valence-electron chi connectivity index (χ4n) is 0. The Morgan fingerprint density at radius 1 is 1.29 bits per heavy atom. The molecule has 0 N–H and O–H groups in total. The van der Waals surface area contributed by atoms with Gasteiger partial charge in [0.25, 0.3) is 0 Å². The molecule has 0 atom stereocenters. The predicted molar refractivity (Wildman–Crippen MR) is 31.3 cm³/mol. The van der Waals surface area contributed by atoms with Crippen LogP contribution in [0, 0.1) is 13.8 Å². The van der Waals surface area contributed by atoms with Gasteiger partial charge in [-0.05, 0) is 0 Å². The molecule has 0 aliphatic heterocycles. The normalized spacial score (nSPS) is 5.14. The molecule has 7 heavy (non-hydrogen) atoms. The van der Waals surface area contributed by atoms with Crippen molar-refractivity contribution in [3.05, 3.63) is 13.8 Å². The van der Waals surface area contributed by atoms with Gasteiger partial charge in [-0.25, -0.2) is 0 Å². The Morgan fingerprint density at radius 2 is 1.43 bits per heavy atom. The summed E-state index contributed by atoms with van der Waals surface area (Å²) in [7, 11) is 0. The first-order chi connectivity index (χ1) is 2.91. The van der Waals surface area contributed by atoms with E-state index in [0.29, 0.717) is 0 Å². The quantitative estimate of drug-likeness (QED) is 0.642. The number of hydrogen-bond acceptors (Lipinski definition) is 0. The van der Waals surface area contributed by atoms with Crippen molar-refractivity contribution in [2.75, 3.05) is 0 Å². The van der Waals surface area contributed by atoms with Crippen LogP contribution in [0.2, 0.25) is 0 Å². The molecule has 0 heterocycles. The molecule has 0 saturated heterocycles. The first-order valence-electron chi connectivity index (χ1n) is 2.41. The second kappa shape index (κ2) is 29.9. The molecule has 1 heteroatoms. The minimum absolute atomic E-state index is 0. The maximum Gasteiger partial charge on any atom is 2.00 e. The molecule has 44 valence electrons. The van der Waals surface area contributed by atoms with Crippen LogP contribution in [0.4, 0.5) is 0 Å². The predicted octanol–water partition coefficient (Wildman–Crippen LogP) is 2.46. The summed E-state index contributed by atoms with van der Waals surface area (Å²) in [4.78, 5) is 0. The topological polar surface area (TPSA) is 0 Å². The number of rotatable bonds is 1. The SMILES string of the molecule is [CH2-]C.[CH2-]CCC.[W+2]. The standard InChI is InChI=1S/C4H9.C2H5.W/c1-3-4-2;1-2;/h1,3-4H2,2H3;1H2,2H3;/q2*-1;+2. The molecule has 0 saturated carbocycles. The Kier molecular flexibility index (Phi) is 66.9. The summed E-state index contributed by atoms with van der Waals surface area (Å²) in [6.45, 7) is 10.7. The fourth-order valence-corrected chi connectivity index (χ4v) is 0. The number of hydrogen-bond donors (Lipinski definition) is 0. The van der Waals surface area contributed by atoms with Crippen molar-refractivity contribution in [1.29, 1.82) is 0 Å². The first-order valence-corrected chi connectivity index (χ1v) is 2.41. The Morgan fingerprint density at radius 3 is 1.43 bits per heavy atom. The molecule has 0 aromatic heterocycles. The van der Waals surface area contributed by atoms with Crippen molar-refractivity contribution in [3.63, 3.8) is 0 Å². The minimum atomic E-state index is 0. The largest absolute Gasteiger partial charge is 2.00 e. The van der Waals surface area contributed by atoms with Crippen molar-refractivity contribution in [2.24, 2.45) is 0 Å². The summed E-state index contributed by atoms with van der Waals surface area (Å²) in [6, 6.07) is 0. The van der Waals surface area contributed by atoms with E-state index in [0.717, 1.165) is 6.42 Å². The van der Waals surface area contributed by atoms with Gasteiger partial charge < -0.3 is 13.8 Å². The average Bonchev–Trinajstić information content (AvgIpc) is 1.72. The zero-order valence-electron chi connectivity index (χ0n) is 5.24. The Balaban J connectivity index is -0.0000000480. The van der Waals surface area contributed by atoms with Gasteiger partial charge in [0.05, 0.1) is 0 Å². The van der Waals surface area contributed by atoms with Crippen LogP contribution >= 0.6 is 0 Å². The van der Waals surface area contributed by atoms with Crippen molar-refractivity contribution in [3.8, 4) is 0 Å². The van der Waals surface area contributed by atoms with Crippen LogP contribution in [0.3, 0.4) is 0 Å². The van der Waals surface area contributed by atoms with E-state index in [4.69, 9.17) is 0 Å². The van der Waals surface area contributed by atoms with Gasteiger partial charge in [-0.3, -0.25) is 0 Å². The third-order valence-corrected chi connectivity index (χ3v) is 0.354. The van der Waals surface area contributed by atoms with Crippen molar-refractivity contribution < 1.29 is 21.1 Å². The molecular weight excluding hydrogens is 256 g/mol. The molecular formula is C6H14W. The number of unbranched alkanes of at least 4 members (excludes halogenated alkanes) is 1. The smallest absolute Gasteiger partial charge is 0.346 e. The average molecular weight is 270 g/mol. The van der Waals surface area contributed by atoms with Gasteiger partial charge in [0, 0.05) is 0 Å². The first kappa shape index (κ1) is 15.6. The van der Waals surface area contributed by atoms with Gasteiger partial charge >= 0.3 is 21.1 Å². The Labute approximate surface area is 62.0 Å². The fraction of sp³-hybridized carbons (Fsp3) is 0.667. The van der Waals surface area contributed by atoms with Crippen molar-refractivity contribution in [1.82, 2.24) is 0 Å². The van der Waals surface area contributed by atoms with Crippen LogP contribution in [0.25, 0.3) is 0 Å². The van der Waals surface area contributed by atoms with Crippen molar-refractivity contribution >= 4 is 0 Å². The van der Waals surface area contributed by atoms with Crippen LogP contribution in [0.15, 0.2) is 0 Å². The summed E-state index contributed by atoms with van der Waals surface area (Å²) in [5, 5.41) is 0. The molecule has 0 aliphatic carbocycles. The summed E-state index contributed by atoms with van der Waals surface area (Å²) >= 11 is 0. The van der Waals surface area contributed by atoms with E-state index in [2.05, 4.69) is 20.8 Å². The van der Waals surface area contributed by atoms with Gasteiger partial charge in [0.15, 0.2) is 0 Å². The molecule has 0 nitrogen and oxygen atoms in total. The molecule has 0 aliphatic rings. The second-order valence-electron chi connectivity index (χ2n) is 0.854. The molecule has 0 bridgehead atoms. The van der Waals surface area contributed by atoms with Crippen LogP contribution in [-0.2, 0) is 21.1 Å². The molecule has 0 unspecified atom stereocenters. The van der Waals surface area contributed by atoms with Gasteiger partial charge in [0.1, 0.15) is 0 Å². The monoisotopic (exact) mass is 270 g/mol. The minimum Gasteiger partial charge on any atom is -0.346 e. The van der Waals surface area contributed by atoms with Gasteiger partial charge in [-0.1, -0.05) is 13.3 Å². The zero-order chi connectivity index (χ0) is 5.41. The van der Waals surface area contributed by atoms with E-state index in [9.17, 15) is 0 Å². The summed E-state index contributed by atoms with van der Waals surface area (Å²) in [5.74, 6) is 0. The van der Waals surface area contributed by atoms with Crippen molar-refractivity contribution in [2.45, 2.75) is 26.7 Å². The van der Waals surface area contributed by atoms with Gasteiger partial charge in [0.2, 0.25) is 0 Å². The molecule has 0 spiro atoms. The molecule has 0 rings (SSSR count). The molecule has 0 radical (unpaired) electrons. The molecule has 0 amide bonds. The van der Waals surface area contributed by atoms with E-state index >= 15 is 0 Å². The Bertz CT molecular complexity index is 6.14. The van der Waals surface area contributed by atoms with Crippen LogP contribution < -0.4 is 0 Å². The van der Waals surface area contributed by atoms with E-state index in [1.54, 1.807) is 6.92 Å². The second-order valence-corrected chi connectivity index (χ2v) is 0.854. The Hall–Kier alpha value is 0.688. The molecule has 0 aromatic carbocycles. The maximum absolute atomic E-state index is 3.60. The van der Waals surface area contributed by atoms with E-state index < -0.39 is 0 Å². The zero-order valence-corrected chi connectivity index (χ0v) is 8.17. The van der Waals surface area contributed by atoms with E-state index in [1.807, 2.05) is 0 Å². The van der Waals surface area contributed by atoms with Crippen LogP contribution in [0.5, 0.6) is 0 Å².